The first-order valence-electron chi connectivity index (χ1n) is 8.10. The Morgan fingerprint density at radius 3 is 2.32 bits per heavy atom. The summed E-state index contributed by atoms with van der Waals surface area (Å²) in [6.07, 6.45) is 0. The number of hydrogen-bond donors (Lipinski definition) is 3. The van der Waals surface area contributed by atoms with Crippen LogP contribution in [0.25, 0.3) is 0 Å². The Morgan fingerprint density at radius 2 is 1.76 bits per heavy atom. The number of sulfone groups is 1. The predicted octanol–water partition coefficient (Wildman–Crippen LogP) is 2.42. The van der Waals surface area contributed by atoms with Gasteiger partial charge in [-0.05, 0) is 42.8 Å². The molecule has 0 spiro atoms. The van der Waals surface area contributed by atoms with E-state index in [2.05, 4.69) is 10.6 Å². The van der Waals surface area contributed by atoms with E-state index in [1.165, 1.54) is 0 Å². The minimum Gasteiger partial charge on any atom is -0.397 e. The van der Waals surface area contributed by atoms with Crippen molar-refractivity contribution >= 4 is 27.1 Å². The quantitative estimate of drug-likeness (QED) is 0.658. The van der Waals surface area contributed by atoms with Crippen LogP contribution >= 0.6 is 0 Å². The summed E-state index contributed by atoms with van der Waals surface area (Å²) in [6, 6.07) is 11.6. The topological polar surface area (TPSA) is 101 Å². The van der Waals surface area contributed by atoms with Gasteiger partial charge in [0, 0.05) is 18.7 Å². The number of nitrogens with two attached hydrogens (primary N) is 1. The third-order valence-electron chi connectivity index (χ3n) is 3.80. The molecule has 0 bridgehead atoms. The molecule has 0 fully saturated rings. The van der Waals surface area contributed by atoms with Crippen molar-refractivity contribution in [2.75, 3.05) is 23.3 Å². The van der Waals surface area contributed by atoms with E-state index in [0.29, 0.717) is 17.8 Å². The number of carbonyl (C=O) groups excluding carboxylic acids is 1. The van der Waals surface area contributed by atoms with E-state index in [1.54, 1.807) is 49.4 Å². The average molecular weight is 361 g/mol. The predicted molar refractivity (Wildman–Crippen MR) is 100 cm³/mol. The number of hydrogen-bond acceptors (Lipinski definition) is 5. The normalized spacial score (nSPS) is 11.1. The van der Waals surface area contributed by atoms with Crippen LogP contribution in [-0.4, -0.2) is 26.6 Å². The fraction of sp³-hybridized carbons (Fsp3) is 0.278. The van der Waals surface area contributed by atoms with Crippen molar-refractivity contribution in [3.8, 4) is 0 Å². The Kier molecular flexibility index (Phi) is 6.03. The second-order valence-corrected chi connectivity index (χ2v) is 7.84. The monoisotopic (exact) mass is 361 g/mol. The van der Waals surface area contributed by atoms with E-state index in [1.807, 2.05) is 6.92 Å². The van der Waals surface area contributed by atoms with Crippen molar-refractivity contribution in [1.29, 1.82) is 0 Å². The van der Waals surface area contributed by atoms with Gasteiger partial charge in [0.05, 0.1) is 22.0 Å². The van der Waals surface area contributed by atoms with Gasteiger partial charge in [-0.3, -0.25) is 4.79 Å². The van der Waals surface area contributed by atoms with E-state index < -0.39 is 9.84 Å². The largest absolute Gasteiger partial charge is 0.397 e. The molecule has 0 atom stereocenters. The number of benzene rings is 2. The fourth-order valence-electron chi connectivity index (χ4n) is 2.32. The number of rotatable bonds is 7. The molecular weight excluding hydrogens is 338 g/mol. The molecule has 4 N–H and O–H groups in total. The zero-order valence-corrected chi connectivity index (χ0v) is 15.2. The van der Waals surface area contributed by atoms with Crippen LogP contribution in [0.15, 0.2) is 47.4 Å². The molecule has 1 amide bonds. The maximum atomic E-state index is 12.2. The summed E-state index contributed by atoms with van der Waals surface area (Å²) >= 11 is 0. The molecule has 0 aliphatic rings. The van der Waals surface area contributed by atoms with Crippen molar-refractivity contribution < 1.29 is 13.2 Å². The van der Waals surface area contributed by atoms with Gasteiger partial charge in [0.2, 0.25) is 0 Å². The van der Waals surface area contributed by atoms with Crippen LogP contribution in [0, 0.1) is 0 Å². The highest BCUT2D eigenvalue weighted by molar-refractivity contribution is 7.91. The van der Waals surface area contributed by atoms with Gasteiger partial charge in [-0.25, -0.2) is 8.42 Å². The maximum Gasteiger partial charge on any atom is 0.251 e. The van der Waals surface area contributed by atoms with Crippen LogP contribution in [0.2, 0.25) is 0 Å². The molecular formula is C18H23N3O3S. The van der Waals surface area contributed by atoms with Crippen LogP contribution in [0.1, 0.15) is 29.8 Å². The van der Waals surface area contributed by atoms with Crippen LogP contribution in [0.5, 0.6) is 0 Å². The number of anilines is 2. The number of amides is 1. The highest BCUT2D eigenvalue weighted by Gasteiger charge is 2.11. The summed E-state index contributed by atoms with van der Waals surface area (Å²) in [5.41, 5.74) is 8.54. The van der Waals surface area contributed by atoms with Crippen molar-refractivity contribution in [2.24, 2.45) is 0 Å². The highest BCUT2D eigenvalue weighted by Crippen LogP contribution is 2.19. The lowest BCUT2D eigenvalue weighted by Crippen LogP contribution is -2.23. The van der Waals surface area contributed by atoms with Crippen molar-refractivity contribution in [3.63, 3.8) is 0 Å². The molecule has 2 aromatic carbocycles. The Morgan fingerprint density at radius 1 is 1.08 bits per heavy atom. The van der Waals surface area contributed by atoms with E-state index in [0.717, 1.165) is 17.8 Å². The first-order chi connectivity index (χ1) is 11.9. The molecule has 6 nitrogen and oxygen atoms in total. The molecule has 0 aliphatic carbocycles. The maximum absolute atomic E-state index is 12.2. The second kappa shape index (κ2) is 8.02. The first kappa shape index (κ1) is 18.8. The molecule has 7 heteroatoms. The first-order valence-corrected chi connectivity index (χ1v) is 9.76. The minimum absolute atomic E-state index is 0.0629. The van der Waals surface area contributed by atoms with Gasteiger partial charge in [0.15, 0.2) is 9.84 Å². The Labute approximate surface area is 148 Å². The van der Waals surface area contributed by atoms with Crippen LogP contribution in [0.3, 0.4) is 0 Å². The van der Waals surface area contributed by atoms with Gasteiger partial charge in [0.25, 0.3) is 5.91 Å². The smallest absolute Gasteiger partial charge is 0.251 e. The molecule has 0 heterocycles. The summed E-state index contributed by atoms with van der Waals surface area (Å²) in [6.45, 7) is 4.63. The van der Waals surface area contributed by atoms with Gasteiger partial charge in [0.1, 0.15) is 0 Å². The highest BCUT2D eigenvalue weighted by atomic mass is 32.2. The SMILES string of the molecule is CCNc1ccc(C(=O)NCc2ccc(S(=O)(=O)CC)cc2)cc1N. The molecule has 0 saturated heterocycles. The van der Waals surface area contributed by atoms with E-state index in [4.69, 9.17) is 5.73 Å². The minimum atomic E-state index is -3.21. The molecule has 0 saturated carbocycles. The molecule has 2 aromatic rings. The summed E-state index contributed by atoms with van der Waals surface area (Å²) in [7, 11) is -3.21. The van der Waals surface area contributed by atoms with Crippen molar-refractivity contribution in [2.45, 2.75) is 25.3 Å². The van der Waals surface area contributed by atoms with Crippen LogP contribution < -0.4 is 16.4 Å². The van der Waals surface area contributed by atoms with Crippen LogP contribution in [0.4, 0.5) is 11.4 Å². The molecule has 2 rings (SSSR count). The standard InChI is InChI=1S/C18H23N3O3S/c1-3-20-17-10-7-14(11-16(17)19)18(22)21-12-13-5-8-15(9-6-13)25(23,24)4-2/h5-11,20H,3-4,12,19H2,1-2H3,(H,21,22). The third-order valence-corrected chi connectivity index (χ3v) is 5.55. The van der Waals surface area contributed by atoms with E-state index in [9.17, 15) is 13.2 Å². The Hall–Kier alpha value is -2.54. The molecule has 0 radical (unpaired) electrons. The van der Waals surface area contributed by atoms with Crippen molar-refractivity contribution in [1.82, 2.24) is 5.32 Å². The number of nitrogen functional groups attached to an aromatic ring is 1. The number of nitrogens with one attached hydrogen (secondary N) is 2. The number of carbonyl (C=O) groups is 1. The van der Waals surface area contributed by atoms with Crippen LogP contribution in [-0.2, 0) is 16.4 Å². The van der Waals surface area contributed by atoms with Gasteiger partial charge in [-0.2, -0.15) is 0 Å². The zero-order valence-electron chi connectivity index (χ0n) is 14.4. The molecule has 0 aromatic heterocycles. The summed E-state index contributed by atoms with van der Waals surface area (Å²) in [5.74, 6) is -0.173. The Balaban J connectivity index is 2.01. The van der Waals surface area contributed by atoms with Gasteiger partial charge in [-0.15, -0.1) is 0 Å². The lowest BCUT2D eigenvalue weighted by atomic mass is 10.1. The molecule has 0 aliphatic heterocycles. The summed E-state index contributed by atoms with van der Waals surface area (Å²) in [4.78, 5) is 12.5. The van der Waals surface area contributed by atoms with Gasteiger partial charge >= 0.3 is 0 Å². The lowest BCUT2D eigenvalue weighted by Gasteiger charge is -2.10. The third kappa shape index (κ3) is 4.73. The lowest BCUT2D eigenvalue weighted by molar-refractivity contribution is 0.0951. The zero-order chi connectivity index (χ0) is 18.4. The second-order valence-electron chi connectivity index (χ2n) is 5.56. The van der Waals surface area contributed by atoms with E-state index >= 15 is 0 Å². The molecule has 0 unspecified atom stereocenters. The molecule has 25 heavy (non-hydrogen) atoms. The fourth-order valence-corrected chi connectivity index (χ4v) is 3.21. The molecule has 134 valence electrons. The van der Waals surface area contributed by atoms with Gasteiger partial charge in [-0.1, -0.05) is 19.1 Å². The average Bonchev–Trinajstić information content (AvgIpc) is 2.62. The van der Waals surface area contributed by atoms with Crippen molar-refractivity contribution in [3.05, 3.63) is 53.6 Å². The summed E-state index contributed by atoms with van der Waals surface area (Å²) < 4.78 is 23.6. The Bertz CT molecular complexity index is 846. The summed E-state index contributed by atoms with van der Waals surface area (Å²) in [5, 5.41) is 5.92. The van der Waals surface area contributed by atoms with Gasteiger partial charge < -0.3 is 16.4 Å². The van der Waals surface area contributed by atoms with E-state index in [-0.39, 0.29) is 16.6 Å².